The van der Waals surface area contributed by atoms with E-state index < -0.39 is 18.7 Å². The van der Waals surface area contributed by atoms with Gasteiger partial charge in [0.25, 0.3) is 0 Å². The number of carboxylic acid groups (broad SMARTS) is 1. The van der Waals surface area contributed by atoms with Crippen LogP contribution in [0.3, 0.4) is 0 Å². The quantitative estimate of drug-likeness (QED) is 0.202. The maximum Gasteiger partial charge on any atom is 0.408 e. The number of fused-ring (bicyclic) bond motifs is 2. The van der Waals surface area contributed by atoms with Crippen LogP contribution in [-0.4, -0.2) is 77.3 Å². The fraction of sp³-hybridized carbons (Fsp3) is 0.424. The zero-order chi connectivity index (χ0) is 32.7. The van der Waals surface area contributed by atoms with Crippen molar-refractivity contribution in [2.75, 3.05) is 19.7 Å². The van der Waals surface area contributed by atoms with Gasteiger partial charge in [-0.1, -0.05) is 18.2 Å². The Bertz CT molecular complexity index is 1910. The number of imidazole rings is 1. The second-order valence-corrected chi connectivity index (χ2v) is 12.2. The number of rotatable bonds is 10. The Morgan fingerprint density at radius 3 is 2.62 bits per heavy atom. The van der Waals surface area contributed by atoms with Crippen LogP contribution in [0.15, 0.2) is 54.7 Å². The van der Waals surface area contributed by atoms with Gasteiger partial charge >= 0.3 is 12.1 Å². The normalized spacial score (nSPS) is 18.4. The minimum atomic E-state index is -4.36. The predicted molar refractivity (Wildman–Crippen MR) is 165 cm³/mol. The van der Waals surface area contributed by atoms with Crippen molar-refractivity contribution in [2.45, 2.75) is 70.1 Å². The standard InChI is InChI=1S/C33H34F3N7O4/c1-20(30-39-26-7-8-27(32(44)45)40-31(26)42(30)17-24-11-14-46-24)41-12-9-22(10-13-41)25-3-2-4-29(38-25)47-18-21-5-6-23-16-37-43(28(23)15-21)19-33(34,35)36/h2-8,15-16,20,22,24H,9-14,17-19H2,1H3,(H,44,45)/t20-,24-/m0/s1. The monoisotopic (exact) mass is 649 g/mol. The molecular formula is C33H34F3N7O4. The van der Waals surface area contributed by atoms with Gasteiger partial charge in [-0.3, -0.25) is 9.58 Å². The van der Waals surface area contributed by atoms with Crippen molar-refractivity contribution in [3.05, 3.63) is 77.5 Å². The molecule has 5 aromatic rings. The molecular weight excluding hydrogens is 615 g/mol. The SMILES string of the molecule is C[C@@H](c1nc2ccc(C(=O)O)nc2n1C[C@@H]1CCO1)N1CCC(c2cccc(OCc3ccc4cnn(CC(F)(F)F)c4c3)n2)CC1. The van der Waals surface area contributed by atoms with E-state index in [1.165, 1.54) is 12.3 Å². The first-order chi connectivity index (χ1) is 22.6. The summed E-state index contributed by atoms with van der Waals surface area (Å²) in [4.78, 5) is 28.1. The summed E-state index contributed by atoms with van der Waals surface area (Å²) in [6.45, 7) is 4.07. The molecule has 0 saturated carbocycles. The zero-order valence-corrected chi connectivity index (χ0v) is 25.7. The lowest BCUT2D eigenvalue weighted by Crippen LogP contribution is -2.37. The lowest BCUT2D eigenvalue weighted by molar-refractivity contribution is -0.141. The average molecular weight is 650 g/mol. The van der Waals surface area contributed by atoms with Crippen LogP contribution in [-0.2, 0) is 24.4 Å². The van der Waals surface area contributed by atoms with E-state index in [4.69, 9.17) is 19.4 Å². The van der Waals surface area contributed by atoms with Gasteiger partial charge in [-0.25, -0.2) is 19.7 Å². The number of likely N-dealkylation sites (tertiary alicyclic amines) is 1. The second-order valence-electron chi connectivity index (χ2n) is 12.2. The van der Waals surface area contributed by atoms with Gasteiger partial charge in [0.05, 0.1) is 30.4 Å². The maximum absolute atomic E-state index is 13.0. The van der Waals surface area contributed by atoms with E-state index in [-0.39, 0.29) is 30.4 Å². The summed E-state index contributed by atoms with van der Waals surface area (Å²) in [6, 6.07) is 14.1. The molecule has 0 amide bonds. The number of carboxylic acids is 1. The second kappa shape index (κ2) is 12.6. The Kier molecular flexibility index (Phi) is 8.30. The largest absolute Gasteiger partial charge is 0.477 e. The molecule has 246 valence electrons. The van der Waals surface area contributed by atoms with Gasteiger partial charge in [0.1, 0.15) is 24.5 Å². The van der Waals surface area contributed by atoms with E-state index in [1.54, 1.807) is 24.3 Å². The molecule has 2 aliphatic rings. The van der Waals surface area contributed by atoms with Crippen LogP contribution in [0.2, 0.25) is 0 Å². The van der Waals surface area contributed by atoms with Crippen LogP contribution in [0, 0.1) is 0 Å². The van der Waals surface area contributed by atoms with Crippen LogP contribution in [0.4, 0.5) is 13.2 Å². The minimum absolute atomic E-state index is 0.0126. The number of pyridine rings is 2. The Morgan fingerprint density at radius 2 is 1.89 bits per heavy atom. The summed E-state index contributed by atoms with van der Waals surface area (Å²) < 4.78 is 53.6. The number of hydrogen-bond donors (Lipinski definition) is 1. The van der Waals surface area contributed by atoms with Gasteiger partial charge < -0.3 is 19.1 Å². The molecule has 14 heteroatoms. The van der Waals surface area contributed by atoms with Crippen molar-refractivity contribution >= 4 is 28.0 Å². The molecule has 1 aromatic carbocycles. The van der Waals surface area contributed by atoms with E-state index in [0.29, 0.717) is 34.5 Å². The summed E-state index contributed by atoms with van der Waals surface area (Å²) in [5, 5.41) is 14.0. The number of alkyl halides is 3. The number of aromatic carboxylic acids is 1. The molecule has 1 N–H and O–H groups in total. The van der Waals surface area contributed by atoms with Crippen molar-refractivity contribution in [3.8, 4) is 5.88 Å². The summed E-state index contributed by atoms with van der Waals surface area (Å²) in [5.41, 5.74) is 3.28. The first kappa shape index (κ1) is 31.1. The molecule has 7 rings (SSSR count). The van der Waals surface area contributed by atoms with Gasteiger partial charge in [0, 0.05) is 29.7 Å². The molecule has 0 aliphatic carbocycles. The Hall–Kier alpha value is -4.56. The van der Waals surface area contributed by atoms with E-state index in [1.807, 2.05) is 22.8 Å². The van der Waals surface area contributed by atoms with E-state index >= 15 is 0 Å². The molecule has 4 aromatic heterocycles. The van der Waals surface area contributed by atoms with Crippen LogP contribution >= 0.6 is 0 Å². The highest BCUT2D eigenvalue weighted by atomic mass is 19.4. The summed E-state index contributed by atoms with van der Waals surface area (Å²) >= 11 is 0. The third-order valence-corrected chi connectivity index (χ3v) is 9.06. The zero-order valence-electron chi connectivity index (χ0n) is 25.7. The number of ether oxygens (including phenoxy) is 2. The number of nitrogens with zero attached hydrogens (tertiary/aromatic N) is 7. The van der Waals surface area contributed by atoms with E-state index in [0.717, 1.165) is 60.7 Å². The average Bonchev–Trinajstić information content (AvgIpc) is 3.60. The van der Waals surface area contributed by atoms with Gasteiger partial charge in [0.15, 0.2) is 11.3 Å². The summed E-state index contributed by atoms with van der Waals surface area (Å²) in [5.74, 6) is 0.463. The summed E-state index contributed by atoms with van der Waals surface area (Å²) in [7, 11) is 0. The molecule has 6 heterocycles. The Labute approximate surface area is 267 Å². The Balaban J connectivity index is 1.01. The van der Waals surface area contributed by atoms with Gasteiger partial charge in [-0.2, -0.15) is 18.3 Å². The summed E-state index contributed by atoms with van der Waals surface area (Å²) in [6.07, 6.45) is -0.173. The smallest absolute Gasteiger partial charge is 0.408 e. The lowest BCUT2D eigenvalue weighted by atomic mass is 9.92. The van der Waals surface area contributed by atoms with Crippen molar-refractivity contribution in [1.29, 1.82) is 0 Å². The predicted octanol–water partition coefficient (Wildman–Crippen LogP) is 5.75. The van der Waals surface area contributed by atoms with Crippen LogP contribution in [0.25, 0.3) is 22.1 Å². The van der Waals surface area contributed by atoms with Crippen molar-refractivity contribution in [3.63, 3.8) is 0 Å². The molecule has 2 saturated heterocycles. The fourth-order valence-electron chi connectivity index (χ4n) is 6.41. The van der Waals surface area contributed by atoms with E-state index in [2.05, 4.69) is 21.9 Å². The molecule has 2 atom stereocenters. The molecule has 2 aliphatic heterocycles. The molecule has 11 nitrogen and oxygen atoms in total. The number of halogens is 3. The van der Waals surface area contributed by atoms with Crippen molar-refractivity contribution < 1.29 is 32.5 Å². The van der Waals surface area contributed by atoms with Crippen LogP contribution in [0.1, 0.15) is 65.7 Å². The maximum atomic E-state index is 13.0. The third kappa shape index (κ3) is 6.65. The number of piperidine rings is 1. The molecule has 2 fully saturated rings. The third-order valence-electron chi connectivity index (χ3n) is 9.06. The van der Waals surface area contributed by atoms with Gasteiger partial charge in [-0.05, 0) is 69.1 Å². The van der Waals surface area contributed by atoms with Crippen LogP contribution < -0.4 is 4.74 Å². The molecule has 0 spiro atoms. The van der Waals surface area contributed by atoms with Gasteiger partial charge in [-0.15, -0.1) is 0 Å². The van der Waals surface area contributed by atoms with Crippen molar-refractivity contribution in [1.82, 2.24) is 34.2 Å². The number of carbonyl (C=O) groups is 1. The van der Waals surface area contributed by atoms with E-state index in [9.17, 15) is 23.1 Å². The minimum Gasteiger partial charge on any atom is -0.477 e. The highest BCUT2D eigenvalue weighted by molar-refractivity contribution is 5.88. The van der Waals surface area contributed by atoms with Crippen LogP contribution in [0.5, 0.6) is 5.88 Å². The van der Waals surface area contributed by atoms with Crippen molar-refractivity contribution in [2.24, 2.45) is 0 Å². The molecule has 47 heavy (non-hydrogen) atoms. The molecule has 0 radical (unpaired) electrons. The number of benzene rings is 1. The highest BCUT2D eigenvalue weighted by Gasteiger charge is 2.31. The molecule has 0 unspecified atom stereocenters. The number of hydrogen-bond acceptors (Lipinski definition) is 8. The first-order valence-corrected chi connectivity index (χ1v) is 15.7. The van der Waals surface area contributed by atoms with Gasteiger partial charge in [0.2, 0.25) is 5.88 Å². The fourth-order valence-corrected chi connectivity index (χ4v) is 6.41. The first-order valence-electron chi connectivity index (χ1n) is 15.7. The lowest BCUT2D eigenvalue weighted by Gasteiger charge is -2.36. The topological polar surface area (TPSA) is 120 Å². The highest BCUT2D eigenvalue weighted by Crippen LogP contribution is 2.33. The molecule has 0 bridgehead atoms. The number of aromatic nitrogens is 6. The Morgan fingerprint density at radius 1 is 1.09 bits per heavy atom.